The molecule has 0 radical (unpaired) electrons. The molecule has 0 fully saturated rings. The van der Waals surface area contributed by atoms with E-state index in [1.807, 2.05) is 6.08 Å². The molecule has 2 heteroatoms. The summed E-state index contributed by atoms with van der Waals surface area (Å²) < 4.78 is 0. The summed E-state index contributed by atoms with van der Waals surface area (Å²) in [6.07, 6.45) is 12.3. The van der Waals surface area contributed by atoms with E-state index < -0.39 is 0 Å². The van der Waals surface area contributed by atoms with Crippen molar-refractivity contribution in [2.24, 2.45) is 0 Å². The Kier molecular flexibility index (Phi) is 5.20. The molecule has 2 nitrogen and oxygen atoms in total. The number of aliphatic hydroxyl groups excluding tert-OH is 2. The van der Waals surface area contributed by atoms with Crippen molar-refractivity contribution in [1.82, 2.24) is 0 Å². The molecule has 0 aromatic heterocycles. The third-order valence-corrected chi connectivity index (χ3v) is 2.61. The van der Waals surface area contributed by atoms with Crippen LogP contribution in [0.2, 0.25) is 0 Å². The molecule has 80 valence electrons. The van der Waals surface area contributed by atoms with Crippen LogP contribution in [0.5, 0.6) is 0 Å². The van der Waals surface area contributed by atoms with Crippen LogP contribution in [0.15, 0.2) is 23.7 Å². The summed E-state index contributed by atoms with van der Waals surface area (Å²) in [5.41, 5.74) is 0. The molecule has 0 atom stereocenters. The number of rotatable bonds is 0. The van der Waals surface area contributed by atoms with Crippen molar-refractivity contribution in [1.29, 1.82) is 0 Å². The molecule has 0 aliphatic heterocycles. The second-order valence-corrected chi connectivity index (χ2v) is 3.89. The fourth-order valence-corrected chi connectivity index (χ4v) is 1.68. The van der Waals surface area contributed by atoms with Gasteiger partial charge in [0.15, 0.2) is 5.76 Å². The third kappa shape index (κ3) is 4.35. The van der Waals surface area contributed by atoms with Crippen LogP contribution in [0.4, 0.5) is 0 Å². The van der Waals surface area contributed by atoms with Crippen LogP contribution in [0.1, 0.15) is 51.4 Å². The van der Waals surface area contributed by atoms with E-state index in [-0.39, 0.29) is 11.5 Å². The molecule has 1 rings (SSSR count). The number of allylic oxidation sites excluding steroid dienone is 3. The SMILES string of the molecule is OC1=C(O)CCCCCCCCC=C1. The minimum Gasteiger partial charge on any atom is -0.508 e. The molecule has 0 aromatic rings. The molecule has 2 N–H and O–H groups in total. The van der Waals surface area contributed by atoms with Gasteiger partial charge in [-0.3, -0.25) is 0 Å². The lowest BCUT2D eigenvalue weighted by atomic mass is 10.1. The van der Waals surface area contributed by atoms with Gasteiger partial charge in [-0.25, -0.2) is 0 Å². The van der Waals surface area contributed by atoms with E-state index >= 15 is 0 Å². The lowest BCUT2D eigenvalue weighted by molar-refractivity contribution is 0.318. The number of hydrogen-bond donors (Lipinski definition) is 2. The largest absolute Gasteiger partial charge is 0.508 e. The highest BCUT2D eigenvalue weighted by atomic mass is 16.3. The van der Waals surface area contributed by atoms with Gasteiger partial charge in [0.1, 0.15) is 5.76 Å². The van der Waals surface area contributed by atoms with E-state index in [2.05, 4.69) is 0 Å². The molecular formula is C12H20O2. The van der Waals surface area contributed by atoms with Gasteiger partial charge in [-0.1, -0.05) is 31.8 Å². The molecule has 0 bridgehead atoms. The van der Waals surface area contributed by atoms with Crippen LogP contribution >= 0.6 is 0 Å². The summed E-state index contributed by atoms with van der Waals surface area (Å²) in [5, 5.41) is 18.8. The van der Waals surface area contributed by atoms with Crippen LogP contribution in [-0.4, -0.2) is 10.2 Å². The number of hydrogen-bond acceptors (Lipinski definition) is 2. The quantitative estimate of drug-likeness (QED) is 0.614. The first-order valence-corrected chi connectivity index (χ1v) is 5.58. The lowest BCUT2D eigenvalue weighted by Gasteiger charge is -2.04. The smallest absolute Gasteiger partial charge is 0.152 e. The van der Waals surface area contributed by atoms with Crippen LogP contribution < -0.4 is 0 Å². The highest BCUT2D eigenvalue weighted by molar-refractivity contribution is 5.14. The zero-order chi connectivity index (χ0) is 10.2. The van der Waals surface area contributed by atoms with Gasteiger partial charge in [-0.15, -0.1) is 0 Å². The maximum Gasteiger partial charge on any atom is 0.152 e. The summed E-state index contributed by atoms with van der Waals surface area (Å²) in [4.78, 5) is 0. The van der Waals surface area contributed by atoms with Gasteiger partial charge in [0, 0.05) is 6.42 Å². The summed E-state index contributed by atoms with van der Waals surface area (Å²) in [7, 11) is 0. The fraction of sp³-hybridized carbons (Fsp3) is 0.667. The second-order valence-electron chi connectivity index (χ2n) is 3.89. The molecule has 1 aliphatic carbocycles. The molecule has 1 aliphatic rings. The van der Waals surface area contributed by atoms with E-state index in [1.54, 1.807) is 6.08 Å². The average molecular weight is 196 g/mol. The Balaban J connectivity index is 2.50. The zero-order valence-corrected chi connectivity index (χ0v) is 8.71. The number of aliphatic hydroxyl groups is 2. The van der Waals surface area contributed by atoms with Crippen molar-refractivity contribution in [2.75, 3.05) is 0 Å². The first-order chi connectivity index (χ1) is 6.80. The first-order valence-electron chi connectivity index (χ1n) is 5.58. The van der Waals surface area contributed by atoms with Crippen molar-refractivity contribution in [3.8, 4) is 0 Å². The van der Waals surface area contributed by atoms with Gasteiger partial charge in [0.2, 0.25) is 0 Å². The maximum atomic E-state index is 9.44. The fourth-order valence-electron chi connectivity index (χ4n) is 1.68. The monoisotopic (exact) mass is 196 g/mol. The molecule has 14 heavy (non-hydrogen) atoms. The van der Waals surface area contributed by atoms with Gasteiger partial charge < -0.3 is 10.2 Å². The normalized spacial score (nSPS) is 21.4. The van der Waals surface area contributed by atoms with Gasteiger partial charge >= 0.3 is 0 Å². The van der Waals surface area contributed by atoms with E-state index in [0.717, 1.165) is 19.3 Å². The molecular weight excluding hydrogens is 176 g/mol. The maximum absolute atomic E-state index is 9.44. The van der Waals surface area contributed by atoms with E-state index in [9.17, 15) is 10.2 Å². The Morgan fingerprint density at radius 3 is 2.29 bits per heavy atom. The van der Waals surface area contributed by atoms with Crippen molar-refractivity contribution in [3.05, 3.63) is 23.7 Å². The summed E-state index contributed by atoms with van der Waals surface area (Å²) in [5.74, 6) is 0.187. The standard InChI is InChI=1S/C12H20O2/c13-11-9-7-5-3-1-2-4-6-8-10-12(11)14/h7,9,13-14H,1-6,8,10H2. The van der Waals surface area contributed by atoms with E-state index in [1.165, 1.54) is 25.7 Å². The zero-order valence-electron chi connectivity index (χ0n) is 8.71. The summed E-state index contributed by atoms with van der Waals surface area (Å²) in [6.45, 7) is 0. The molecule has 0 saturated carbocycles. The van der Waals surface area contributed by atoms with Crippen LogP contribution in [0.3, 0.4) is 0 Å². The van der Waals surface area contributed by atoms with E-state index in [4.69, 9.17) is 0 Å². The lowest BCUT2D eigenvalue weighted by Crippen LogP contribution is -1.90. The van der Waals surface area contributed by atoms with Crippen LogP contribution in [0.25, 0.3) is 0 Å². The molecule has 0 saturated heterocycles. The Labute approximate surface area is 86.0 Å². The van der Waals surface area contributed by atoms with Crippen LogP contribution in [0, 0.1) is 0 Å². The predicted octanol–water partition coefficient (Wildman–Crippen LogP) is 4.00. The minimum absolute atomic E-state index is 0.0468. The van der Waals surface area contributed by atoms with Gasteiger partial charge in [0.05, 0.1) is 0 Å². The minimum atomic E-state index is 0.0468. The van der Waals surface area contributed by atoms with Gasteiger partial charge in [-0.05, 0) is 25.3 Å². The molecule has 0 aromatic carbocycles. The first kappa shape index (κ1) is 11.2. The summed E-state index contributed by atoms with van der Waals surface area (Å²) >= 11 is 0. The average Bonchev–Trinajstić information content (AvgIpc) is 2.18. The van der Waals surface area contributed by atoms with Crippen LogP contribution in [-0.2, 0) is 0 Å². The Bertz CT molecular complexity index is 216. The topological polar surface area (TPSA) is 40.5 Å². The highest BCUT2D eigenvalue weighted by Gasteiger charge is 2.01. The Morgan fingerprint density at radius 1 is 0.857 bits per heavy atom. The molecule has 0 unspecified atom stereocenters. The van der Waals surface area contributed by atoms with E-state index in [0.29, 0.717) is 6.42 Å². The van der Waals surface area contributed by atoms with Crippen molar-refractivity contribution in [3.63, 3.8) is 0 Å². The van der Waals surface area contributed by atoms with Gasteiger partial charge in [-0.2, -0.15) is 0 Å². The highest BCUT2D eigenvalue weighted by Crippen LogP contribution is 2.15. The molecule has 0 spiro atoms. The van der Waals surface area contributed by atoms with Crippen molar-refractivity contribution >= 4 is 0 Å². The van der Waals surface area contributed by atoms with Crippen molar-refractivity contribution < 1.29 is 10.2 Å². The predicted molar refractivity (Wildman–Crippen MR) is 58.4 cm³/mol. The third-order valence-electron chi connectivity index (χ3n) is 2.61. The molecule has 0 amide bonds. The summed E-state index contributed by atoms with van der Waals surface area (Å²) in [6, 6.07) is 0. The Hall–Kier alpha value is -0.920. The van der Waals surface area contributed by atoms with Gasteiger partial charge in [0.25, 0.3) is 0 Å². The van der Waals surface area contributed by atoms with Crippen molar-refractivity contribution in [2.45, 2.75) is 51.4 Å². The molecule has 0 heterocycles. The Morgan fingerprint density at radius 2 is 1.50 bits per heavy atom. The second kappa shape index (κ2) is 6.52.